The summed E-state index contributed by atoms with van der Waals surface area (Å²) in [5, 5.41) is 0. The molecule has 1 aliphatic heterocycles. The van der Waals surface area contributed by atoms with Gasteiger partial charge in [0, 0.05) is 25.3 Å². The summed E-state index contributed by atoms with van der Waals surface area (Å²) >= 11 is 0. The van der Waals surface area contributed by atoms with Crippen LogP contribution in [0.2, 0.25) is 0 Å². The van der Waals surface area contributed by atoms with E-state index in [1.165, 1.54) is 0 Å². The van der Waals surface area contributed by atoms with E-state index in [9.17, 15) is 9.59 Å². The van der Waals surface area contributed by atoms with Gasteiger partial charge < -0.3 is 14.2 Å². The summed E-state index contributed by atoms with van der Waals surface area (Å²) in [6.07, 6.45) is 1.64. The zero-order chi connectivity index (χ0) is 20.4. The summed E-state index contributed by atoms with van der Waals surface area (Å²) in [7, 11) is 0. The molecule has 1 amide bonds. The fraction of sp³-hybridized carbons (Fsp3) is 0.273. The van der Waals surface area contributed by atoms with Crippen LogP contribution in [0.15, 0.2) is 59.5 Å². The quantitative estimate of drug-likeness (QED) is 0.669. The van der Waals surface area contributed by atoms with E-state index < -0.39 is 5.56 Å². The molecule has 0 atom stereocenters. The number of rotatable bonds is 5. The zero-order valence-corrected chi connectivity index (χ0v) is 16.4. The Morgan fingerprint density at radius 3 is 2.48 bits per heavy atom. The van der Waals surface area contributed by atoms with E-state index >= 15 is 0 Å². The summed E-state index contributed by atoms with van der Waals surface area (Å²) in [5.41, 5.74) is 1.13. The van der Waals surface area contributed by atoms with E-state index in [1.807, 2.05) is 50.2 Å². The Bertz CT molecular complexity index is 1080. The van der Waals surface area contributed by atoms with Crippen molar-refractivity contribution in [3.05, 3.63) is 76.3 Å². The number of carbonyl (C=O) groups is 1. The van der Waals surface area contributed by atoms with E-state index in [0.29, 0.717) is 24.6 Å². The van der Waals surface area contributed by atoms with Crippen molar-refractivity contribution in [3.63, 3.8) is 0 Å². The third kappa shape index (κ3) is 3.63. The normalized spacial score (nSPS) is 13.5. The van der Waals surface area contributed by atoms with Crippen molar-refractivity contribution in [3.8, 4) is 17.3 Å². The minimum atomic E-state index is -0.563. The van der Waals surface area contributed by atoms with E-state index in [1.54, 1.807) is 27.8 Å². The van der Waals surface area contributed by atoms with Crippen LogP contribution in [0.4, 0.5) is 0 Å². The number of carbonyl (C=O) groups excluding carboxylic acids is 1. The minimum absolute atomic E-state index is 0.0103. The van der Waals surface area contributed by atoms with Gasteiger partial charge in [-0.05, 0) is 31.5 Å². The van der Waals surface area contributed by atoms with Crippen LogP contribution in [-0.4, -0.2) is 37.9 Å². The highest BCUT2D eigenvalue weighted by molar-refractivity contribution is 5.96. The topological polar surface area (TPSA) is 77.3 Å². The van der Waals surface area contributed by atoms with Crippen LogP contribution in [-0.2, 0) is 13.2 Å². The first-order valence-corrected chi connectivity index (χ1v) is 9.60. The second-order valence-corrected chi connectivity index (χ2v) is 7.15. The van der Waals surface area contributed by atoms with Gasteiger partial charge in [0.15, 0.2) is 11.5 Å². The molecule has 0 unspecified atom stereocenters. The lowest BCUT2D eigenvalue weighted by Gasteiger charge is -2.34. The number of aromatic nitrogens is 3. The average Bonchev–Trinajstić information content (AvgIpc) is 2.74. The third-order valence-electron chi connectivity index (χ3n) is 4.91. The smallest absolute Gasteiger partial charge is 0.316 e. The molecule has 0 bridgehead atoms. The average molecular weight is 390 g/mol. The number of hydrogen-bond acceptors (Lipinski definition) is 5. The number of benzene rings is 1. The predicted octanol–water partition coefficient (Wildman–Crippen LogP) is 2.75. The zero-order valence-electron chi connectivity index (χ0n) is 16.4. The van der Waals surface area contributed by atoms with Crippen molar-refractivity contribution in [1.82, 2.24) is 19.4 Å². The second-order valence-electron chi connectivity index (χ2n) is 7.15. The number of fused-ring (bicyclic) bond motifs is 1. The maximum absolute atomic E-state index is 13.3. The van der Waals surface area contributed by atoms with Gasteiger partial charge in [0.25, 0.3) is 5.91 Å². The van der Waals surface area contributed by atoms with E-state index in [4.69, 9.17) is 4.74 Å². The number of amides is 1. The van der Waals surface area contributed by atoms with E-state index in [2.05, 4.69) is 9.97 Å². The van der Waals surface area contributed by atoms with Crippen molar-refractivity contribution in [2.45, 2.75) is 33.0 Å². The van der Waals surface area contributed by atoms with Crippen molar-refractivity contribution in [2.24, 2.45) is 0 Å². The van der Waals surface area contributed by atoms with Crippen molar-refractivity contribution in [1.29, 1.82) is 0 Å². The molecule has 0 spiro atoms. The molecule has 7 nitrogen and oxygen atoms in total. The molecule has 148 valence electrons. The Hall–Kier alpha value is -3.48. The standard InChI is InChI=1S/C22H22N4O3/c1-15(2)25-12-13-26-18(22(25)28)19(29-14-16-8-4-3-5-9-16)21(27)24-20(26)17-10-6-7-11-23-17/h3-11,15H,12-14H2,1-2H3. The van der Waals surface area contributed by atoms with Gasteiger partial charge in [0.2, 0.25) is 5.75 Å². The molecule has 1 aliphatic rings. The summed E-state index contributed by atoms with van der Waals surface area (Å²) in [6.45, 7) is 5.14. The second kappa shape index (κ2) is 7.87. The lowest BCUT2D eigenvalue weighted by Crippen LogP contribution is -2.46. The molecule has 29 heavy (non-hydrogen) atoms. The number of ether oxygens (including phenoxy) is 1. The van der Waals surface area contributed by atoms with Crippen LogP contribution in [0.5, 0.6) is 5.75 Å². The fourth-order valence-electron chi connectivity index (χ4n) is 3.46. The highest BCUT2D eigenvalue weighted by atomic mass is 16.5. The fourth-order valence-corrected chi connectivity index (χ4v) is 3.46. The van der Waals surface area contributed by atoms with Gasteiger partial charge in [-0.3, -0.25) is 14.6 Å². The maximum Gasteiger partial charge on any atom is 0.316 e. The van der Waals surface area contributed by atoms with Crippen molar-refractivity contribution < 1.29 is 9.53 Å². The number of pyridine rings is 1. The molecule has 3 heterocycles. The molecule has 2 aromatic heterocycles. The minimum Gasteiger partial charge on any atom is -0.481 e. The van der Waals surface area contributed by atoms with Gasteiger partial charge in [-0.2, -0.15) is 4.98 Å². The van der Waals surface area contributed by atoms with Gasteiger partial charge in [-0.15, -0.1) is 0 Å². The van der Waals surface area contributed by atoms with Gasteiger partial charge in [-0.1, -0.05) is 36.4 Å². The highest BCUT2D eigenvalue weighted by Crippen LogP contribution is 2.26. The van der Waals surface area contributed by atoms with Crippen molar-refractivity contribution in [2.75, 3.05) is 6.54 Å². The molecule has 0 saturated carbocycles. The molecule has 0 fully saturated rings. The SMILES string of the molecule is CC(C)N1CCn2c(-c3ccccn3)nc(=O)c(OCc3ccccc3)c2C1=O. The first-order valence-electron chi connectivity index (χ1n) is 9.60. The Balaban J connectivity index is 1.83. The Labute approximate surface area is 168 Å². The molecule has 0 radical (unpaired) electrons. The Morgan fingerprint density at radius 1 is 1.03 bits per heavy atom. The van der Waals surface area contributed by atoms with Crippen LogP contribution in [0.25, 0.3) is 11.5 Å². The lowest BCUT2D eigenvalue weighted by molar-refractivity contribution is 0.0638. The Morgan fingerprint density at radius 2 is 1.79 bits per heavy atom. The first kappa shape index (κ1) is 18.9. The molecule has 7 heteroatoms. The Kier molecular flexibility index (Phi) is 5.12. The highest BCUT2D eigenvalue weighted by Gasteiger charge is 2.33. The van der Waals surface area contributed by atoms with E-state index in [0.717, 1.165) is 5.56 Å². The van der Waals surface area contributed by atoms with Gasteiger partial charge in [0.05, 0.1) is 0 Å². The predicted molar refractivity (Wildman–Crippen MR) is 109 cm³/mol. The van der Waals surface area contributed by atoms with Gasteiger partial charge in [0.1, 0.15) is 12.3 Å². The molecule has 3 aromatic rings. The summed E-state index contributed by atoms with van der Waals surface area (Å²) in [5.74, 6) is 0.143. The molecule has 4 rings (SSSR count). The lowest BCUT2D eigenvalue weighted by atomic mass is 10.1. The van der Waals surface area contributed by atoms with Gasteiger partial charge in [-0.25, -0.2) is 0 Å². The monoisotopic (exact) mass is 390 g/mol. The van der Waals surface area contributed by atoms with Crippen LogP contribution < -0.4 is 10.3 Å². The summed E-state index contributed by atoms with van der Waals surface area (Å²) in [4.78, 5) is 36.4. The van der Waals surface area contributed by atoms with Crippen LogP contribution in [0, 0.1) is 0 Å². The molecule has 0 N–H and O–H groups in total. The molecule has 0 aliphatic carbocycles. The largest absolute Gasteiger partial charge is 0.481 e. The molecular formula is C22H22N4O3. The van der Waals surface area contributed by atoms with Crippen LogP contribution in [0.3, 0.4) is 0 Å². The third-order valence-corrected chi connectivity index (χ3v) is 4.91. The number of nitrogens with zero attached hydrogens (tertiary/aromatic N) is 4. The van der Waals surface area contributed by atoms with Crippen LogP contribution >= 0.6 is 0 Å². The summed E-state index contributed by atoms with van der Waals surface area (Å²) < 4.78 is 7.60. The van der Waals surface area contributed by atoms with Crippen molar-refractivity contribution >= 4 is 5.91 Å². The van der Waals surface area contributed by atoms with Crippen LogP contribution in [0.1, 0.15) is 29.9 Å². The molecule has 0 saturated heterocycles. The number of hydrogen-bond donors (Lipinski definition) is 0. The van der Waals surface area contributed by atoms with E-state index in [-0.39, 0.29) is 30.0 Å². The van der Waals surface area contributed by atoms with Gasteiger partial charge >= 0.3 is 5.56 Å². The molecule has 1 aromatic carbocycles. The molecular weight excluding hydrogens is 368 g/mol. The first-order chi connectivity index (χ1) is 14.1. The summed E-state index contributed by atoms with van der Waals surface area (Å²) in [6, 6.07) is 14.9. The maximum atomic E-state index is 13.3.